The van der Waals surface area contributed by atoms with E-state index in [1.54, 1.807) is 23.5 Å². The summed E-state index contributed by atoms with van der Waals surface area (Å²) in [6.45, 7) is 3.70. The standard InChI is InChI=1S/C34H39F2N5O3/c35-34(36)21-27(22-34)31(42)40-17-12-33(13-18-40)11-6-16-39(30-23-37-14-15-38-30)19-20-41(24-26-7-2-1-3-8-26)32(43)28-9-4-5-10-29(28)44-25-33/h1-5,7-10,14-15,23,27H,6,11-13,16-22,24-25H2. The monoisotopic (exact) mass is 603 g/mol. The Balaban J connectivity index is 1.25. The fraction of sp³-hybridized carbons (Fsp3) is 0.471. The van der Waals surface area contributed by atoms with E-state index < -0.39 is 11.8 Å². The number of rotatable bonds is 4. The number of benzene rings is 2. The number of carbonyl (C=O) groups is 2. The molecule has 0 unspecified atom stereocenters. The van der Waals surface area contributed by atoms with E-state index in [9.17, 15) is 18.4 Å². The number of anilines is 1. The quantitative estimate of drug-likeness (QED) is 0.395. The predicted molar refractivity (Wildman–Crippen MR) is 163 cm³/mol. The van der Waals surface area contributed by atoms with Crippen molar-refractivity contribution in [3.8, 4) is 5.75 Å². The van der Waals surface area contributed by atoms with Gasteiger partial charge in [-0.05, 0) is 43.4 Å². The van der Waals surface area contributed by atoms with Crippen LogP contribution in [0, 0.1) is 11.3 Å². The second kappa shape index (κ2) is 12.9. The normalized spacial score (nSPS) is 20.9. The van der Waals surface area contributed by atoms with Crippen LogP contribution in [0.2, 0.25) is 0 Å². The highest BCUT2D eigenvalue weighted by Gasteiger charge is 2.50. The average molecular weight is 604 g/mol. The minimum Gasteiger partial charge on any atom is -0.492 e. The lowest BCUT2D eigenvalue weighted by molar-refractivity contribution is -0.162. The van der Waals surface area contributed by atoms with Crippen molar-refractivity contribution in [1.82, 2.24) is 19.8 Å². The van der Waals surface area contributed by atoms with Gasteiger partial charge in [-0.2, -0.15) is 0 Å². The summed E-state index contributed by atoms with van der Waals surface area (Å²) < 4.78 is 33.4. The number of hydrogen-bond acceptors (Lipinski definition) is 6. The smallest absolute Gasteiger partial charge is 0.257 e. The van der Waals surface area contributed by atoms with E-state index in [4.69, 9.17) is 4.74 Å². The molecule has 2 amide bonds. The number of amides is 2. The number of ether oxygens (including phenoxy) is 1. The topological polar surface area (TPSA) is 78.9 Å². The Bertz CT molecular complexity index is 1430. The predicted octanol–water partition coefficient (Wildman–Crippen LogP) is 5.45. The van der Waals surface area contributed by atoms with E-state index in [-0.39, 0.29) is 30.1 Å². The Morgan fingerprint density at radius 2 is 1.66 bits per heavy atom. The number of para-hydroxylation sites is 1. The Morgan fingerprint density at radius 1 is 0.909 bits per heavy atom. The van der Waals surface area contributed by atoms with Gasteiger partial charge in [0.1, 0.15) is 11.6 Å². The molecular formula is C34H39F2N5O3. The number of hydrogen-bond donors (Lipinski definition) is 0. The van der Waals surface area contributed by atoms with Crippen LogP contribution in [0.3, 0.4) is 0 Å². The highest BCUT2D eigenvalue weighted by Crippen LogP contribution is 2.45. The number of nitrogens with zero attached hydrogens (tertiary/aromatic N) is 5. The molecule has 3 aliphatic rings. The summed E-state index contributed by atoms with van der Waals surface area (Å²) >= 11 is 0. The van der Waals surface area contributed by atoms with Gasteiger partial charge in [-0.1, -0.05) is 42.5 Å². The summed E-state index contributed by atoms with van der Waals surface area (Å²) in [6.07, 6.45) is 7.53. The van der Waals surface area contributed by atoms with Gasteiger partial charge in [0.2, 0.25) is 11.8 Å². The maximum absolute atomic E-state index is 14.1. The lowest BCUT2D eigenvalue weighted by Crippen LogP contribution is -2.51. The van der Waals surface area contributed by atoms with Crippen molar-refractivity contribution in [2.24, 2.45) is 11.3 Å². The number of alkyl halides is 2. The van der Waals surface area contributed by atoms with Crippen molar-refractivity contribution in [3.05, 3.63) is 84.3 Å². The van der Waals surface area contributed by atoms with E-state index in [1.807, 2.05) is 59.5 Å². The van der Waals surface area contributed by atoms with Crippen LogP contribution in [-0.4, -0.2) is 76.8 Å². The molecular weight excluding hydrogens is 564 g/mol. The zero-order chi connectivity index (χ0) is 30.6. The lowest BCUT2D eigenvalue weighted by atomic mass is 9.74. The minimum atomic E-state index is -2.71. The van der Waals surface area contributed by atoms with Gasteiger partial charge in [0.05, 0.1) is 18.4 Å². The van der Waals surface area contributed by atoms with E-state index in [0.29, 0.717) is 63.5 Å². The highest BCUT2D eigenvalue weighted by molar-refractivity contribution is 5.97. The van der Waals surface area contributed by atoms with Crippen LogP contribution < -0.4 is 9.64 Å². The zero-order valence-electron chi connectivity index (χ0n) is 24.9. The Labute approximate surface area is 257 Å². The Hall–Kier alpha value is -4.08. The number of piperidine rings is 1. The molecule has 0 atom stereocenters. The first-order valence-electron chi connectivity index (χ1n) is 15.5. The van der Waals surface area contributed by atoms with Crippen molar-refractivity contribution in [1.29, 1.82) is 0 Å². The molecule has 1 aromatic heterocycles. The van der Waals surface area contributed by atoms with Crippen molar-refractivity contribution in [2.45, 2.75) is 51.0 Å². The van der Waals surface area contributed by atoms with E-state index in [2.05, 4.69) is 14.9 Å². The molecule has 8 nitrogen and oxygen atoms in total. The summed E-state index contributed by atoms with van der Waals surface area (Å²) in [7, 11) is 0. The van der Waals surface area contributed by atoms with E-state index in [0.717, 1.165) is 30.8 Å². The highest BCUT2D eigenvalue weighted by atomic mass is 19.3. The number of fused-ring (bicyclic) bond motifs is 1. The lowest BCUT2D eigenvalue weighted by Gasteiger charge is -2.44. The van der Waals surface area contributed by atoms with Crippen LogP contribution in [0.25, 0.3) is 0 Å². The minimum absolute atomic E-state index is 0.102. The van der Waals surface area contributed by atoms with Gasteiger partial charge in [0.25, 0.3) is 5.91 Å². The van der Waals surface area contributed by atoms with Crippen molar-refractivity contribution in [3.63, 3.8) is 0 Å². The van der Waals surface area contributed by atoms with Crippen LogP contribution in [-0.2, 0) is 11.3 Å². The van der Waals surface area contributed by atoms with E-state index >= 15 is 0 Å². The second-order valence-electron chi connectivity index (χ2n) is 12.4. The molecule has 2 aromatic carbocycles. The fourth-order valence-electron chi connectivity index (χ4n) is 6.67. The van der Waals surface area contributed by atoms with Crippen molar-refractivity contribution >= 4 is 17.6 Å². The molecule has 2 aliphatic heterocycles. The number of halogens is 2. The largest absolute Gasteiger partial charge is 0.492 e. The molecule has 2 fully saturated rings. The third kappa shape index (κ3) is 6.84. The van der Waals surface area contributed by atoms with Gasteiger partial charge in [0, 0.05) is 75.8 Å². The van der Waals surface area contributed by atoms with Crippen LogP contribution >= 0.6 is 0 Å². The van der Waals surface area contributed by atoms with Gasteiger partial charge < -0.3 is 19.4 Å². The third-order valence-electron chi connectivity index (χ3n) is 9.38. The average Bonchev–Trinajstić information content (AvgIpc) is 3.05. The van der Waals surface area contributed by atoms with Crippen LogP contribution in [0.4, 0.5) is 14.6 Å². The molecule has 44 heavy (non-hydrogen) atoms. The summed E-state index contributed by atoms with van der Waals surface area (Å²) in [6, 6.07) is 17.4. The molecule has 232 valence electrons. The number of likely N-dealkylation sites (tertiary alicyclic amines) is 1. The maximum atomic E-state index is 14.1. The Morgan fingerprint density at radius 3 is 2.39 bits per heavy atom. The summed E-state index contributed by atoms with van der Waals surface area (Å²) in [5.74, 6) is -2.23. The maximum Gasteiger partial charge on any atom is 0.257 e. The molecule has 3 heterocycles. The first-order valence-corrected chi connectivity index (χ1v) is 15.5. The molecule has 1 aliphatic carbocycles. The van der Waals surface area contributed by atoms with Crippen LogP contribution in [0.1, 0.15) is 54.4 Å². The third-order valence-corrected chi connectivity index (χ3v) is 9.38. The van der Waals surface area contributed by atoms with Crippen LogP contribution in [0.15, 0.2) is 73.2 Å². The van der Waals surface area contributed by atoms with Gasteiger partial charge in [-0.15, -0.1) is 0 Å². The first-order chi connectivity index (χ1) is 21.3. The molecule has 1 spiro atoms. The SMILES string of the molecule is O=C1c2ccccc2OCC2(CCCN(c3cnccn3)CCN1Cc1ccccc1)CCN(C(=O)C1CC(F)(F)C1)CC2. The number of carbonyl (C=O) groups excluding carboxylic acids is 2. The summed E-state index contributed by atoms with van der Waals surface area (Å²) in [4.78, 5) is 41.7. The fourth-order valence-corrected chi connectivity index (χ4v) is 6.67. The summed E-state index contributed by atoms with van der Waals surface area (Å²) in [5.41, 5.74) is 1.34. The van der Waals surface area contributed by atoms with Gasteiger partial charge in [-0.3, -0.25) is 14.6 Å². The van der Waals surface area contributed by atoms with Crippen LogP contribution in [0.5, 0.6) is 5.75 Å². The molecule has 1 saturated carbocycles. The molecule has 0 N–H and O–H groups in total. The zero-order valence-corrected chi connectivity index (χ0v) is 24.9. The first kappa shape index (κ1) is 30.0. The van der Waals surface area contributed by atoms with Gasteiger partial charge in [0.15, 0.2) is 0 Å². The molecule has 6 rings (SSSR count). The Kier molecular flexibility index (Phi) is 8.77. The van der Waals surface area contributed by atoms with Gasteiger partial charge in [-0.25, -0.2) is 13.8 Å². The molecule has 0 radical (unpaired) electrons. The van der Waals surface area contributed by atoms with Crippen molar-refractivity contribution < 1.29 is 23.1 Å². The van der Waals surface area contributed by atoms with Gasteiger partial charge >= 0.3 is 0 Å². The molecule has 3 aromatic rings. The molecule has 10 heteroatoms. The van der Waals surface area contributed by atoms with E-state index in [1.165, 1.54) is 0 Å². The molecule has 0 bridgehead atoms. The number of aromatic nitrogens is 2. The van der Waals surface area contributed by atoms with Crippen molar-refractivity contribution in [2.75, 3.05) is 44.2 Å². The molecule has 1 saturated heterocycles. The second-order valence-corrected chi connectivity index (χ2v) is 12.4. The summed E-state index contributed by atoms with van der Waals surface area (Å²) in [5, 5.41) is 0.